The summed E-state index contributed by atoms with van der Waals surface area (Å²) in [7, 11) is 3.01. The van der Waals surface area contributed by atoms with Gasteiger partial charge < -0.3 is 15.2 Å². The van der Waals surface area contributed by atoms with E-state index >= 15 is 0 Å². The van der Waals surface area contributed by atoms with Crippen LogP contribution in [0.15, 0.2) is 18.2 Å². The molecular weight excluding hydrogens is 197 g/mol. The molecule has 0 aromatic heterocycles. The van der Waals surface area contributed by atoms with Crippen molar-refractivity contribution in [1.29, 1.82) is 0 Å². The predicted octanol–water partition coefficient (Wildman–Crippen LogP) is 1.75. The molecule has 1 atom stereocenters. The molecule has 1 aromatic carbocycles. The van der Waals surface area contributed by atoms with Crippen molar-refractivity contribution in [3.63, 3.8) is 0 Å². The topological polar surface area (TPSA) is 44.5 Å². The average molecular weight is 213 g/mol. The van der Waals surface area contributed by atoms with Gasteiger partial charge in [0.05, 0.1) is 6.04 Å². The van der Waals surface area contributed by atoms with Crippen LogP contribution >= 0.6 is 0 Å². The highest BCUT2D eigenvalue weighted by atomic mass is 19.1. The maximum atomic E-state index is 13.0. The molecule has 0 saturated heterocycles. The van der Waals surface area contributed by atoms with E-state index in [4.69, 9.17) is 15.2 Å². The summed E-state index contributed by atoms with van der Waals surface area (Å²) in [5.74, 6) is -0.308. The van der Waals surface area contributed by atoms with Crippen LogP contribution in [0.25, 0.3) is 0 Å². The van der Waals surface area contributed by atoms with Crippen molar-refractivity contribution >= 4 is 0 Å². The third-order valence-corrected chi connectivity index (χ3v) is 2.36. The minimum absolute atomic E-state index is 0.308. The fourth-order valence-electron chi connectivity index (χ4n) is 1.51. The molecule has 0 saturated carbocycles. The summed E-state index contributed by atoms with van der Waals surface area (Å²) < 4.78 is 23.1. The maximum Gasteiger partial charge on any atom is 0.176 e. The molecule has 0 amide bonds. The van der Waals surface area contributed by atoms with Gasteiger partial charge in [0.15, 0.2) is 6.29 Å². The van der Waals surface area contributed by atoms with Gasteiger partial charge in [-0.15, -0.1) is 0 Å². The summed E-state index contributed by atoms with van der Waals surface area (Å²) in [4.78, 5) is 0. The van der Waals surface area contributed by atoms with Crippen LogP contribution in [-0.2, 0) is 9.47 Å². The molecule has 1 unspecified atom stereocenters. The van der Waals surface area contributed by atoms with Crippen molar-refractivity contribution in [2.45, 2.75) is 19.3 Å². The molecule has 0 radical (unpaired) electrons. The van der Waals surface area contributed by atoms with Gasteiger partial charge in [-0.3, -0.25) is 0 Å². The standard InChI is InChI=1S/C11H16FNO2/c1-7-4-5-8(12)6-9(7)10(13)11(14-2)15-3/h4-6,10-11H,13H2,1-3H3. The van der Waals surface area contributed by atoms with Crippen molar-refractivity contribution in [3.8, 4) is 0 Å². The Hall–Kier alpha value is -0.970. The SMILES string of the molecule is COC(OC)C(N)c1cc(F)ccc1C. The minimum Gasteiger partial charge on any atom is -0.354 e. The molecule has 0 aliphatic rings. The first-order chi connectivity index (χ1) is 7.10. The summed E-state index contributed by atoms with van der Waals surface area (Å²) in [6.07, 6.45) is -0.564. The second kappa shape index (κ2) is 5.21. The highest BCUT2D eigenvalue weighted by Gasteiger charge is 2.20. The second-order valence-electron chi connectivity index (χ2n) is 3.37. The number of halogens is 1. The van der Waals surface area contributed by atoms with Crippen molar-refractivity contribution in [1.82, 2.24) is 0 Å². The zero-order valence-electron chi connectivity index (χ0n) is 9.16. The molecule has 3 nitrogen and oxygen atoms in total. The zero-order chi connectivity index (χ0) is 11.4. The minimum atomic E-state index is -0.564. The molecule has 1 aromatic rings. The van der Waals surface area contributed by atoms with E-state index in [9.17, 15) is 4.39 Å². The lowest BCUT2D eigenvalue weighted by Gasteiger charge is -2.22. The molecule has 4 heteroatoms. The molecule has 2 N–H and O–H groups in total. The number of nitrogens with two attached hydrogens (primary N) is 1. The monoisotopic (exact) mass is 213 g/mol. The largest absolute Gasteiger partial charge is 0.354 e. The number of aryl methyl sites for hydroxylation is 1. The van der Waals surface area contributed by atoms with Crippen LogP contribution in [0.3, 0.4) is 0 Å². The van der Waals surface area contributed by atoms with Gasteiger partial charge in [-0.1, -0.05) is 6.07 Å². The normalized spacial score (nSPS) is 13.2. The first-order valence-corrected chi connectivity index (χ1v) is 4.67. The Morgan fingerprint density at radius 1 is 1.27 bits per heavy atom. The Labute approximate surface area is 89.0 Å². The first kappa shape index (κ1) is 12.1. The van der Waals surface area contributed by atoms with Crippen LogP contribution in [0.1, 0.15) is 17.2 Å². The quantitative estimate of drug-likeness (QED) is 0.775. The summed E-state index contributed by atoms with van der Waals surface area (Å²) in [6, 6.07) is 4.01. The van der Waals surface area contributed by atoms with Crippen molar-refractivity contribution in [2.24, 2.45) is 5.73 Å². The van der Waals surface area contributed by atoms with Gasteiger partial charge >= 0.3 is 0 Å². The molecule has 0 aliphatic heterocycles. The van der Waals surface area contributed by atoms with Gasteiger partial charge in [-0.25, -0.2) is 4.39 Å². The summed E-state index contributed by atoms with van der Waals surface area (Å²) in [5.41, 5.74) is 7.53. The average Bonchev–Trinajstić information content (AvgIpc) is 2.23. The second-order valence-corrected chi connectivity index (χ2v) is 3.37. The van der Waals surface area contributed by atoms with Crippen LogP contribution in [0.2, 0.25) is 0 Å². The van der Waals surface area contributed by atoms with Crippen LogP contribution in [0, 0.1) is 12.7 Å². The van der Waals surface area contributed by atoms with E-state index in [1.54, 1.807) is 6.07 Å². The Bertz CT molecular complexity index is 326. The fourth-order valence-corrected chi connectivity index (χ4v) is 1.51. The third-order valence-electron chi connectivity index (χ3n) is 2.36. The predicted molar refractivity (Wildman–Crippen MR) is 55.9 cm³/mol. The fraction of sp³-hybridized carbons (Fsp3) is 0.455. The molecule has 0 bridgehead atoms. The van der Waals surface area contributed by atoms with E-state index in [-0.39, 0.29) is 5.82 Å². The summed E-state index contributed by atoms with van der Waals surface area (Å²) in [6.45, 7) is 1.87. The molecule has 84 valence electrons. The van der Waals surface area contributed by atoms with Crippen LogP contribution in [0.5, 0.6) is 0 Å². The summed E-state index contributed by atoms with van der Waals surface area (Å²) >= 11 is 0. The highest BCUT2D eigenvalue weighted by molar-refractivity contribution is 5.29. The lowest BCUT2D eigenvalue weighted by Crippen LogP contribution is -2.30. The Morgan fingerprint density at radius 2 is 1.87 bits per heavy atom. The lowest BCUT2D eigenvalue weighted by molar-refractivity contribution is -0.117. The number of benzene rings is 1. The van der Waals surface area contributed by atoms with E-state index in [0.29, 0.717) is 5.56 Å². The molecule has 1 rings (SSSR count). The summed E-state index contributed by atoms with van der Waals surface area (Å²) in [5, 5.41) is 0. The van der Waals surface area contributed by atoms with Gasteiger partial charge in [0.1, 0.15) is 5.82 Å². The Morgan fingerprint density at radius 3 is 2.40 bits per heavy atom. The number of ether oxygens (including phenoxy) is 2. The highest BCUT2D eigenvalue weighted by Crippen LogP contribution is 2.21. The zero-order valence-corrected chi connectivity index (χ0v) is 9.16. The van der Waals surface area contributed by atoms with E-state index < -0.39 is 12.3 Å². The molecular formula is C11H16FNO2. The van der Waals surface area contributed by atoms with Gasteiger partial charge in [0.2, 0.25) is 0 Å². The van der Waals surface area contributed by atoms with E-state index in [1.807, 2.05) is 6.92 Å². The Kier molecular flexibility index (Phi) is 4.20. The van der Waals surface area contributed by atoms with Gasteiger partial charge in [0.25, 0.3) is 0 Å². The van der Waals surface area contributed by atoms with Gasteiger partial charge in [-0.2, -0.15) is 0 Å². The van der Waals surface area contributed by atoms with Crippen molar-refractivity contribution in [2.75, 3.05) is 14.2 Å². The van der Waals surface area contributed by atoms with Crippen LogP contribution in [0.4, 0.5) is 4.39 Å². The van der Waals surface area contributed by atoms with Gasteiger partial charge in [-0.05, 0) is 30.2 Å². The van der Waals surface area contributed by atoms with Crippen molar-refractivity contribution < 1.29 is 13.9 Å². The number of methoxy groups -OCH3 is 2. The third kappa shape index (κ3) is 2.75. The molecule has 0 aliphatic carbocycles. The Balaban J connectivity index is 2.98. The number of hydrogen-bond acceptors (Lipinski definition) is 3. The van der Waals surface area contributed by atoms with E-state index in [0.717, 1.165) is 5.56 Å². The van der Waals surface area contributed by atoms with E-state index in [2.05, 4.69) is 0 Å². The first-order valence-electron chi connectivity index (χ1n) is 4.67. The van der Waals surface area contributed by atoms with E-state index in [1.165, 1.54) is 26.4 Å². The van der Waals surface area contributed by atoms with Crippen LogP contribution < -0.4 is 5.73 Å². The number of rotatable bonds is 4. The van der Waals surface area contributed by atoms with Crippen LogP contribution in [-0.4, -0.2) is 20.5 Å². The lowest BCUT2D eigenvalue weighted by atomic mass is 10.0. The van der Waals surface area contributed by atoms with Gasteiger partial charge in [0, 0.05) is 14.2 Å². The van der Waals surface area contributed by atoms with Crippen molar-refractivity contribution in [3.05, 3.63) is 35.1 Å². The number of hydrogen-bond donors (Lipinski definition) is 1. The molecule has 0 fully saturated rings. The maximum absolute atomic E-state index is 13.0. The molecule has 0 spiro atoms. The smallest absolute Gasteiger partial charge is 0.176 e. The molecule has 15 heavy (non-hydrogen) atoms. The molecule has 0 heterocycles.